The van der Waals surface area contributed by atoms with Gasteiger partial charge in [-0.2, -0.15) is 0 Å². The number of fused-ring (bicyclic) bond motifs is 1. The fourth-order valence-electron chi connectivity index (χ4n) is 2.63. The third-order valence-electron chi connectivity index (χ3n) is 3.61. The minimum Gasteiger partial charge on any atom is -0.486 e. The summed E-state index contributed by atoms with van der Waals surface area (Å²) in [6.45, 7) is 8.63. The van der Waals surface area contributed by atoms with E-state index in [1.165, 1.54) is 11.1 Å². The van der Waals surface area contributed by atoms with Gasteiger partial charge in [0, 0.05) is 0 Å². The summed E-state index contributed by atoms with van der Waals surface area (Å²) in [5.41, 5.74) is 8.35. The number of benzene rings is 1. The SMILES string of the molecule is Cc1cc2c(cc1C(CCN)C(C)C)OCCO2. The number of nitrogens with two attached hydrogens (primary N) is 1. The van der Waals surface area contributed by atoms with E-state index in [2.05, 4.69) is 32.9 Å². The van der Waals surface area contributed by atoms with Crippen molar-refractivity contribution in [2.75, 3.05) is 19.8 Å². The maximum atomic E-state index is 5.74. The molecule has 0 radical (unpaired) electrons. The van der Waals surface area contributed by atoms with Gasteiger partial charge in [0.05, 0.1) is 0 Å². The van der Waals surface area contributed by atoms with Crippen LogP contribution in [0, 0.1) is 12.8 Å². The fraction of sp³-hybridized carbons (Fsp3) is 0.600. The molecule has 0 saturated carbocycles. The first-order chi connectivity index (χ1) is 8.63. The average molecular weight is 249 g/mol. The van der Waals surface area contributed by atoms with Gasteiger partial charge < -0.3 is 15.2 Å². The first kappa shape index (κ1) is 13.2. The Morgan fingerprint density at radius 2 is 1.78 bits per heavy atom. The summed E-state index contributed by atoms with van der Waals surface area (Å²) in [5.74, 6) is 2.82. The third-order valence-corrected chi connectivity index (χ3v) is 3.61. The Morgan fingerprint density at radius 3 is 2.33 bits per heavy atom. The second-order valence-corrected chi connectivity index (χ2v) is 5.28. The molecule has 1 atom stereocenters. The van der Waals surface area contributed by atoms with Crippen LogP contribution in [0.1, 0.15) is 37.3 Å². The van der Waals surface area contributed by atoms with E-state index in [0.717, 1.165) is 24.5 Å². The predicted molar refractivity (Wildman–Crippen MR) is 73.4 cm³/mol. The topological polar surface area (TPSA) is 44.5 Å². The van der Waals surface area contributed by atoms with Gasteiger partial charge in [0.2, 0.25) is 0 Å². The van der Waals surface area contributed by atoms with E-state index in [0.29, 0.717) is 25.0 Å². The molecule has 100 valence electrons. The van der Waals surface area contributed by atoms with Gasteiger partial charge in [0.25, 0.3) is 0 Å². The molecule has 0 amide bonds. The van der Waals surface area contributed by atoms with E-state index in [4.69, 9.17) is 15.2 Å². The molecule has 1 aromatic rings. The molecular weight excluding hydrogens is 226 g/mol. The number of aryl methyl sites for hydroxylation is 1. The van der Waals surface area contributed by atoms with Gasteiger partial charge >= 0.3 is 0 Å². The van der Waals surface area contributed by atoms with Gasteiger partial charge in [-0.25, -0.2) is 0 Å². The maximum absolute atomic E-state index is 5.74. The highest BCUT2D eigenvalue weighted by molar-refractivity contribution is 5.49. The van der Waals surface area contributed by atoms with Gasteiger partial charge in [-0.05, 0) is 55.0 Å². The highest BCUT2D eigenvalue weighted by Gasteiger charge is 2.21. The van der Waals surface area contributed by atoms with Crippen LogP contribution in [0.5, 0.6) is 11.5 Å². The summed E-state index contributed by atoms with van der Waals surface area (Å²) < 4.78 is 11.3. The first-order valence-corrected chi connectivity index (χ1v) is 6.73. The normalized spacial score (nSPS) is 15.8. The molecule has 0 bridgehead atoms. The molecular formula is C15H23NO2. The molecule has 2 rings (SSSR count). The third kappa shape index (κ3) is 2.61. The Hall–Kier alpha value is -1.22. The Morgan fingerprint density at radius 1 is 1.17 bits per heavy atom. The first-order valence-electron chi connectivity index (χ1n) is 6.73. The molecule has 3 heteroatoms. The number of ether oxygens (including phenoxy) is 2. The van der Waals surface area contributed by atoms with Crippen molar-refractivity contribution in [3.8, 4) is 11.5 Å². The Bertz CT molecular complexity index is 415. The minimum atomic E-state index is 0.492. The zero-order chi connectivity index (χ0) is 13.1. The molecule has 18 heavy (non-hydrogen) atoms. The molecule has 1 aliphatic heterocycles. The molecule has 3 nitrogen and oxygen atoms in total. The van der Waals surface area contributed by atoms with E-state index in [1.54, 1.807) is 0 Å². The molecule has 1 aliphatic rings. The molecule has 1 aromatic carbocycles. The van der Waals surface area contributed by atoms with E-state index >= 15 is 0 Å². The van der Waals surface area contributed by atoms with E-state index < -0.39 is 0 Å². The lowest BCUT2D eigenvalue weighted by atomic mass is 9.83. The minimum absolute atomic E-state index is 0.492. The van der Waals surface area contributed by atoms with Gasteiger partial charge in [0.15, 0.2) is 11.5 Å². The average Bonchev–Trinajstić information content (AvgIpc) is 2.35. The summed E-state index contributed by atoms with van der Waals surface area (Å²) in [6.07, 6.45) is 1.01. The van der Waals surface area contributed by atoms with E-state index in [-0.39, 0.29) is 0 Å². The number of hydrogen-bond acceptors (Lipinski definition) is 3. The summed E-state index contributed by atoms with van der Waals surface area (Å²) in [6, 6.07) is 4.24. The van der Waals surface area contributed by atoms with Crippen molar-refractivity contribution in [3.05, 3.63) is 23.3 Å². The highest BCUT2D eigenvalue weighted by Crippen LogP contribution is 2.38. The van der Waals surface area contributed by atoms with Crippen molar-refractivity contribution in [1.29, 1.82) is 0 Å². The van der Waals surface area contributed by atoms with Crippen LogP contribution in [-0.2, 0) is 0 Å². The number of hydrogen-bond donors (Lipinski definition) is 1. The second-order valence-electron chi connectivity index (χ2n) is 5.28. The van der Waals surface area contributed by atoms with Gasteiger partial charge in [-0.15, -0.1) is 0 Å². The van der Waals surface area contributed by atoms with Crippen LogP contribution in [0.2, 0.25) is 0 Å². The molecule has 1 heterocycles. The summed E-state index contributed by atoms with van der Waals surface area (Å²) in [4.78, 5) is 0. The molecule has 0 saturated heterocycles. The van der Waals surface area contributed by atoms with Crippen LogP contribution in [0.4, 0.5) is 0 Å². The van der Waals surface area contributed by atoms with E-state index in [1.807, 2.05) is 0 Å². The largest absolute Gasteiger partial charge is 0.486 e. The molecule has 1 unspecified atom stereocenters. The summed E-state index contributed by atoms with van der Waals surface area (Å²) >= 11 is 0. The summed E-state index contributed by atoms with van der Waals surface area (Å²) in [7, 11) is 0. The van der Waals surface area contributed by atoms with Gasteiger partial charge in [-0.1, -0.05) is 13.8 Å². The molecule has 0 aliphatic carbocycles. The molecule has 2 N–H and O–H groups in total. The lowest BCUT2D eigenvalue weighted by molar-refractivity contribution is 0.171. The van der Waals surface area contributed by atoms with Gasteiger partial charge in [0.1, 0.15) is 13.2 Å². The van der Waals surface area contributed by atoms with Crippen LogP contribution in [0.3, 0.4) is 0 Å². The monoisotopic (exact) mass is 249 g/mol. The van der Waals surface area contributed by atoms with Crippen molar-refractivity contribution in [1.82, 2.24) is 0 Å². The molecule has 0 spiro atoms. The number of rotatable bonds is 4. The van der Waals surface area contributed by atoms with E-state index in [9.17, 15) is 0 Å². The highest BCUT2D eigenvalue weighted by atomic mass is 16.6. The lowest BCUT2D eigenvalue weighted by Gasteiger charge is -2.26. The fourth-order valence-corrected chi connectivity index (χ4v) is 2.63. The zero-order valence-electron chi connectivity index (χ0n) is 11.5. The standard InChI is InChI=1S/C15H23NO2/c1-10(2)12(4-5-16)13-9-15-14(8-11(13)3)17-6-7-18-15/h8-10,12H,4-7,16H2,1-3H3. The Labute approximate surface area is 109 Å². The summed E-state index contributed by atoms with van der Waals surface area (Å²) in [5, 5.41) is 0. The maximum Gasteiger partial charge on any atom is 0.161 e. The molecule has 0 aromatic heterocycles. The van der Waals surface area contributed by atoms with Crippen molar-refractivity contribution in [2.24, 2.45) is 11.7 Å². The van der Waals surface area contributed by atoms with Crippen LogP contribution in [-0.4, -0.2) is 19.8 Å². The Kier molecular flexibility index (Phi) is 4.12. The second kappa shape index (κ2) is 5.61. The van der Waals surface area contributed by atoms with Crippen molar-refractivity contribution in [3.63, 3.8) is 0 Å². The Balaban J connectivity index is 2.36. The lowest BCUT2D eigenvalue weighted by Crippen LogP contribution is -2.18. The van der Waals surface area contributed by atoms with Crippen LogP contribution in [0.25, 0.3) is 0 Å². The van der Waals surface area contributed by atoms with Crippen LogP contribution in [0.15, 0.2) is 12.1 Å². The van der Waals surface area contributed by atoms with Crippen molar-refractivity contribution in [2.45, 2.75) is 33.1 Å². The predicted octanol–water partition coefficient (Wildman–Crippen LogP) is 2.85. The van der Waals surface area contributed by atoms with Crippen LogP contribution < -0.4 is 15.2 Å². The van der Waals surface area contributed by atoms with Crippen LogP contribution >= 0.6 is 0 Å². The van der Waals surface area contributed by atoms with Gasteiger partial charge in [-0.3, -0.25) is 0 Å². The smallest absolute Gasteiger partial charge is 0.161 e. The van der Waals surface area contributed by atoms with Crippen molar-refractivity contribution >= 4 is 0 Å². The molecule has 0 fully saturated rings. The zero-order valence-corrected chi connectivity index (χ0v) is 11.5. The van der Waals surface area contributed by atoms with Crippen molar-refractivity contribution < 1.29 is 9.47 Å². The quantitative estimate of drug-likeness (QED) is 0.892.